The molecule has 0 N–H and O–H groups in total. The van der Waals surface area contributed by atoms with Crippen LogP contribution in [0, 0.1) is 0 Å². The monoisotopic (exact) mass is 170 g/mol. The number of ether oxygens (including phenoxy) is 1. The van der Waals surface area contributed by atoms with Gasteiger partial charge in [0.1, 0.15) is 6.73 Å². The van der Waals surface area contributed by atoms with Gasteiger partial charge in [-0.2, -0.15) is 0 Å². The summed E-state index contributed by atoms with van der Waals surface area (Å²) < 4.78 is 10.1. The Morgan fingerprint density at radius 2 is 2.25 bits per heavy atom. The van der Waals surface area contributed by atoms with Crippen LogP contribution in [-0.2, 0) is 0 Å². The third-order valence-electron chi connectivity index (χ3n) is 1.70. The lowest BCUT2D eigenvalue weighted by Crippen LogP contribution is -2.27. The van der Waals surface area contributed by atoms with E-state index in [0.717, 1.165) is 13.1 Å². The molecule has 68 valence electrons. The molecule has 0 radical (unpaired) electrons. The first-order chi connectivity index (χ1) is 5.86. The molecule has 1 rings (SSSR count). The second kappa shape index (κ2) is 4.77. The van der Waals surface area contributed by atoms with Crippen LogP contribution in [0.3, 0.4) is 0 Å². The Kier molecular flexibility index (Phi) is 3.60. The van der Waals surface area contributed by atoms with E-state index in [9.17, 15) is 0 Å². The fourth-order valence-corrected chi connectivity index (χ4v) is 0.840. The van der Waals surface area contributed by atoms with Crippen LogP contribution in [0.15, 0.2) is 16.8 Å². The fraction of sp³-hybridized carbons (Fsp3) is 0.625. The van der Waals surface area contributed by atoms with Crippen molar-refractivity contribution in [2.75, 3.05) is 19.8 Å². The van der Waals surface area contributed by atoms with E-state index in [1.165, 1.54) is 0 Å². The molecular weight excluding hydrogens is 156 g/mol. The van der Waals surface area contributed by atoms with Crippen molar-refractivity contribution in [3.05, 3.63) is 12.3 Å². The summed E-state index contributed by atoms with van der Waals surface area (Å²) in [7, 11) is 0. The molecular formula is C8H14N2O2. The topological polar surface area (TPSA) is 38.5 Å². The van der Waals surface area contributed by atoms with Gasteiger partial charge in [0, 0.05) is 6.07 Å². The van der Waals surface area contributed by atoms with Crippen LogP contribution in [0.2, 0.25) is 0 Å². The fourth-order valence-electron chi connectivity index (χ4n) is 0.840. The normalized spacial score (nSPS) is 10.6. The van der Waals surface area contributed by atoms with Crippen molar-refractivity contribution in [2.24, 2.45) is 0 Å². The smallest absolute Gasteiger partial charge is 0.312 e. The largest absolute Gasteiger partial charge is 0.448 e. The zero-order valence-electron chi connectivity index (χ0n) is 7.49. The van der Waals surface area contributed by atoms with E-state index in [4.69, 9.17) is 9.26 Å². The van der Waals surface area contributed by atoms with Crippen LogP contribution in [0.4, 0.5) is 0 Å². The Labute approximate surface area is 72.1 Å². The summed E-state index contributed by atoms with van der Waals surface area (Å²) in [6.45, 7) is 6.69. The molecule has 4 heteroatoms. The Hall–Kier alpha value is -1.03. The maximum Gasteiger partial charge on any atom is 0.312 e. The molecule has 12 heavy (non-hydrogen) atoms. The Balaban J connectivity index is 2.25. The van der Waals surface area contributed by atoms with Crippen molar-refractivity contribution < 1.29 is 9.26 Å². The summed E-state index contributed by atoms with van der Waals surface area (Å²) >= 11 is 0. The Morgan fingerprint density at radius 3 is 2.75 bits per heavy atom. The first-order valence-electron chi connectivity index (χ1n) is 4.12. The van der Waals surface area contributed by atoms with Gasteiger partial charge in [0.25, 0.3) is 0 Å². The van der Waals surface area contributed by atoms with E-state index in [1.807, 2.05) is 0 Å². The SMILES string of the molecule is CCN(CC)COc1ccno1. The van der Waals surface area contributed by atoms with Gasteiger partial charge in [0.15, 0.2) is 0 Å². The van der Waals surface area contributed by atoms with Gasteiger partial charge < -0.3 is 9.26 Å². The molecule has 1 aromatic heterocycles. The third-order valence-corrected chi connectivity index (χ3v) is 1.70. The highest BCUT2D eigenvalue weighted by atomic mass is 16.6. The number of hydrogen-bond acceptors (Lipinski definition) is 4. The minimum absolute atomic E-state index is 0.474. The predicted molar refractivity (Wildman–Crippen MR) is 44.9 cm³/mol. The quantitative estimate of drug-likeness (QED) is 0.625. The Morgan fingerprint density at radius 1 is 1.50 bits per heavy atom. The molecule has 0 atom stereocenters. The van der Waals surface area contributed by atoms with Crippen molar-refractivity contribution in [2.45, 2.75) is 13.8 Å². The minimum Gasteiger partial charge on any atom is -0.448 e. The summed E-state index contributed by atoms with van der Waals surface area (Å²) in [5.41, 5.74) is 0. The molecule has 0 spiro atoms. The van der Waals surface area contributed by atoms with E-state index in [1.54, 1.807) is 12.3 Å². The van der Waals surface area contributed by atoms with Crippen LogP contribution in [-0.4, -0.2) is 29.9 Å². The summed E-state index contributed by atoms with van der Waals surface area (Å²) in [6.07, 6.45) is 1.57. The molecule has 0 saturated carbocycles. The van der Waals surface area contributed by atoms with Crippen LogP contribution < -0.4 is 4.74 Å². The van der Waals surface area contributed by atoms with Gasteiger partial charge in [-0.15, -0.1) is 0 Å². The zero-order valence-corrected chi connectivity index (χ0v) is 7.49. The van der Waals surface area contributed by atoms with Crippen molar-refractivity contribution in [3.8, 4) is 5.95 Å². The number of nitrogens with zero attached hydrogens (tertiary/aromatic N) is 2. The van der Waals surface area contributed by atoms with Gasteiger partial charge in [0.2, 0.25) is 0 Å². The van der Waals surface area contributed by atoms with Gasteiger partial charge in [-0.05, 0) is 13.1 Å². The molecule has 1 heterocycles. The summed E-state index contributed by atoms with van der Waals surface area (Å²) in [6, 6.07) is 1.70. The van der Waals surface area contributed by atoms with Crippen molar-refractivity contribution in [3.63, 3.8) is 0 Å². The average molecular weight is 170 g/mol. The summed E-state index contributed by atoms with van der Waals surface area (Å²) in [5, 5.41) is 3.53. The minimum atomic E-state index is 0.474. The Bertz CT molecular complexity index is 195. The van der Waals surface area contributed by atoms with E-state index in [-0.39, 0.29) is 0 Å². The van der Waals surface area contributed by atoms with Gasteiger partial charge in [0.05, 0.1) is 6.20 Å². The molecule has 0 fully saturated rings. The highest BCUT2D eigenvalue weighted by Crippen LogP contribution is 2.07. The lowest BCUT2D eigenvalue weighted by molar-refractivity contribution is 0.103. The van der Waals surface area contributed by atoms with Crippen molar-refractivity contribution in [1.29, 1.82) is 0 Å². The predicted octanol–water partition coefficient (Wildman–Crippen LogP) is 1.35. The molecule has 0 amide bonds. The molecule has 0 unspecified atom stereocenters. The van der Waals surface area contributed by atoms with Gasteiger partial charge in [-0.3, -0.25) is 4.90 Å². The zero-order chi connectivity index (χ0) is 8.81. The van der Waals surface area contributed by atoms with Crippen molar-refractivity contribution in [1.82, 2.24) is 10.1 Å². The third kappa shape index (κ3) is 2.54. The standard InChI is InChI=1S/C8H14N2O2/c1-3-10(4-2)7-11-8-5-6-9-12-8/h5-6H,3-4,7H2,1-2H3. The highest BCUT2D eigenvalue weighted by Gasteiger charge is 2.01. The van der Waals surface area contributed by atoms with E-state index in [0.29, 0.717) is 12.7 Å². The first kappa shape index (κ1) is 9.06. The average Bonchev–Trinajstić information content (AvgIpc) is 2.59. The molecule has 0 bridgehead atoms. The van der Waals surface area contributed by atoms with Crippen LogP contribution in [0.1, 0.15) is 13.8 Å². The molecule has 0 saturated heterocycles. The first-order valence-corrected chi connectivity index (χ1v) is 4.12. The van der Waals surface area contributed by atoms with Crippen LogP contribution in [0.25, 0.3) is 0 Å². The molecule has 0 aliphatic heterocycles. The van der Waals surface area contributed by atoms with Gasteiger partial charge in [-0.1, -0.05) is 19.0 Å². The number of hydrogen-bond donors (Lipinski definition) is 0. The van der Waals surface area contributed by atoms with E-state index >= 15 is 0 Å². The lowest BCUT2D eigenvalue weighted by Gasteiger charge is -2.16. The molecule has 1 aromatic rings. The molecule has 0 aromatic carbocycles. The molecule has 4 nitrogen and oxygen atoms in total. The van der Waals surface area contributed by atoms with E-state index < -0.39 is 0 Å². The maximum absolute atomic E-state index is 5.29. The van der Waals surface area contributed by atoms with Crippen LogP contribution >= 0.6 is 0 Å². The van der Waals surface area contributed by atoms with Gasteiger partial charge >= 0.3 is 5.95 Å². The second-order valence-corrected chi connectivity index (χ2v) is 2.41. The van der Waals surface area contributed by atoms with Gasteiger partial charge in [-0.25, -0.2) is 0 Å². The molecule has 0 aliphatic rings. The summed E-state index contributed by atoms with van der Waals surface area (Å²) in [4.78, 5) is 2.14. The maximum atomic E-state index is 5.29. The molecule has 0 aliphatic carbocycles. The van der Waals surface area contributed by atoms with E-state index in [2.05, 4.69) is 23.9 Å². The van der Waals surface area contributed by atoms with Crippen molar-refractivity contribution >= 4 is 0 Å². The lowest BCUT2D eigenvalue weighted by atomic mass is 10.6. The highest BCUT2D eigenvalue weighted by molar-refractivity contribution is 4.98. The second-order valence-electron chi connectivity index (χ2n) is 2.41. The summed E-state index contributed by atoms with van der Waals surface area (Å²) in [5.74, 6) is 0.474. The number of rotatable bonds is 5. The van der Waals surface area contributed by atoms with Crippen LogP contribution in [0.5, 0.6) is 5.95 Å². The number of aromatic nitrogens is 1.